The average molecular weight is 277 g/mol. The molecule has 1 aromatic rings. The van der Waals surface area contributed by atoms with E-state index in [4.69, 9.17) is 4.74 Å². The Morgan fingerprint density at radius 1 is 1.28 bits per heavy atom. The number of hydrogen-bond donors (Lipinski definition) is 1. The van der Waals surface area contributed by atoms with E-state index in [0.717, 1.165) is 19.4 Å². The summed E-state index contributed by atoms with van der Waals surface area (Å²) < 4.78 is 42.5. The Labute approximate surface area is 108 Å². The molecule has 1 saturated heterocycles. The van der Waals surface area contributed by atoms with Crippen LogP contribution in [0, 0.1) is 0 Å². The van der Waals surface area contributed by atoms with Crippen molar-refractivity contribution in [3.8, 4) is 0 Å². The molecule has 1 aromatic carbocycles. The lowest BCUT2D eigenvalue weighted by molar-refractivity contribution is -0.0327. The Morgan fingerprint density at radius 3 is 2.72 bits per heavy atom. The maximum absolute atomic E-state index is 12.4. The highest BCUT2D eigenvalue weighted by Crippen LogP contribution is 2.40. The Bertz CT molecular complexity index is 391. The molecular formula is C12H14F3NOS. The van der Waals surface area contributed by atoms with Crippen LogP contribution in [0.5, 0.6) is 0 Å². The highest BCUT2D eigenvalue weighted by atomic mass is 32.2. The zero-order chi connectivity index (χ0) is 13.0. The minimum atomic E-state index is -4.26. The summed E-state index contributed by atoms with van der Waals surface area (Å²) in [5.41, 5.74) is -3.74. The van der Waals surface area contributed by atoms with Crippen LogP contribution in [0.3, 0.4) is 0 Å². The van der Waals surface area contributed by atoms with Crippen LogP contribution < -0.4 is 5.32 Å². The van der Waals surface area contributed by atoms with E-state index in [1.165, 1.54) is 6.07 Å². The Kier molecular flexibility index (Phi) is 4.40. The van der Waals surface area contributed by atoms with Crippen LogP contribution in [0.4, 0.5) is 18.9 Å². The second kappa shape index (κ2) is 5.84. The van der Waals surface area contributed by atoms with E-state index >= 15 is 0 Å². The molecule has 0 spiro atoms. The molecule has 1 unspecified atom stereocenters. The minimum absolute atomic E-state index is 0.0874. The summed E-state index contributed by atoms with van der Waals surface area (Å²) in [6.07, 6.45) is 1.86. The first kappa shape index (κ1) is 13.5. The molecule has 2 rings (SSSR count). The van der Waals surface area contributed by atoms with Crippen molar-refractivity contribution < 1.29 is 17.9 Å². The number of nitrogens with one attached hydrogen (secondary N) is 1. The van der Waals surface area contributed by atoms with Crippen molar-refractivity contribution in [1.82, 2.24) is 0 Å². The van der Waals surface area contributed by atoms with E-state index in [9.17, 15) is 13.2 Å². The summed E-state index contributed by atoms with van der Waals surface area (Å²) in [6, 6.07) is 6.57. The van der Waals surface area contributed by atoms with E-state index in [0.29, 0.717) is 12.3 Å². The molecule has 1 heterocycles. The number of para-hydroxylation sites is 1. The normalized spacial score (nSPS) is 20.7. The monoisotopic (exact) mass is 277 g/mol. The number of anilines is 1. The molecule has 0 radical (unpaired) electrons. The maximum atomic E-state index is 12.4. The van der Waals surface area contributed by atoms with E-state index in [1.54, 1.807) is 18.2 Å². The van der Waals surface area contributed by atoms with Crippen LogP contribution in [0.2, 0.25) is 0 Å². The van der Waals surface area contributed by atoms with Crippen LogP contribution >= 0.6 is 11.8 Å². The van der Waals surface area contributed by atoms with Gasteiger partial charge in [0.25, 0.3) is 0 Å². The number of benzene rings is 1. The molecular weight excluding hydrogens is 263 g/mol. The summed E-state index contributed by atoms with van der Waals surface area (Å²) in [4.78, 5) is 0.204. The smallest absolute Gasteiger partial charge is 0.379 e. The molecule has 18 heavy (non-hydrogen) atoms. The van der Waals surface area contributed by atoms with Crippen molar-refractivity contribution in [2.45, 2.75) is 29.3 Å². The van der Waals surface area contributed by atoms with Gasteiger partial charge in [-0.15, -0.1) is 0 Å². The number of thioether (sulfide) groups is 1. The van der Waals surface area contributed by atoms with Gasteiger partial charge in [-0.1, -0.05) is 12.1 Å². The second-order valence-electron chi connectivity index (χ2n) is 4.10. The third-order valence-electron chi connectivity index (χ3n) is 2.63. The highest BCUT2D eigenvalue weighted by molar-refractivity contribution is 8.00. The molecule has 100 valence electrons. The molecule has 6 heteroatoms. The average Bonchev–Trinajstić information content (AvgIpc) is 2.31. The molecule has 1 aliphatic heterocycles. The fourth-order valence-electron chi connectivity index (χ4n) is 1.87. The largest absolute Gasteiger partial charge is 0.446 e. The van der Waals surface area contributed by atoms with Gasteiger partial charge >= 0.3 is 5.51 Å². The first-order chi connectivity index (χ1) is 8.54. The van der Waals surface area contributed by atoms with E-state index in [2.05, 4.69) is 5.32 Å². The van der Waals surface area contributed by atoms with Gasteiger partial charge in [0.15, 0.2) is 0 Å². The van der Waals surface area contributed by atoms with Crippen LogP contribution in [-0.2, 0) is 4.74 Å². The zero-order valence-corrected chi connectivity index (χ0v) is 10.5. The predicted molar refractivity (Wildman–Crippen MR) is 65.8 cm³/mol. The second-order valence-corrected chi connectivity index (χ2v) is 5.21. The molecule has 1 atom stereocenters. The third-order valence-corrected chi connectivity index (χ3v) is 3.44. The molecule has 0 aliphatic carbocycles. The number of halogens is 3. The van der Waals surface area contributed by atoms with Crippen molar-refractivity contribution in [1.29, 1.82) is 0 Å². The molecule has 1 N–H and O–H groups in total. The highest BCUT2D eigenvalue weighted by Gasteiger charge is 2.30. The third kappa shape index (κ3) is 4.10. The van der Waals surface area contributed by atoms with Gasteiger partial charge in [0.05, 0.1) is 6.61 Å². The molecule has 0 saturated carbocycles. The first-order valence-electron chi connectivity index (χ1n) is 5.74. The number of alkyl halides is 3. The van der Waals surface area contributed by atoms with Crippen LogP contribution in [0.15, 0.2) is 29.2 Å². The van der Waals surface area contributed by atoms with E-state index in [1.807, 2.05) is 0 Å². The maximum Gasteiger partial charge on any atom is 0.446 e. The quantitative estimate of drug-likeness (QED) is 0.847. The summed E-state index contributed by atoms with van der Waals surface area (Å²) in [5, 5.41) is 3.13. The van der Waals surface area contributed by atoms with Gasteiger partial charge in [0.2, 0.25) is 0 Å². The van der Waals surface area contributed by atoms with E-state index in [-0.39, 0.29) is 22.7 Å². The molecule has 0 bridgehead atoms. The van der Waals surface area contributed by atoms with Crippen LogP contribution in [-0.4, -0.2) is 24.8 Å². The van der Waals surface area contributed by atoms with Gasteiger partial charge in [0.1, 0.15) is 0 Å². The summed E-state index contributed by atoms with van der Waals surface area (Å²) in [6.45, 7) is 1.28. The van der Waals surface area contributed by atoms with Gasteiger partial charge in [-0.05, 0) is 36.7 Å². The number of ether oxygens (including phenoxy) is 1. The molecule has 1 aliphatic rings. The van der Waals surface area contributed by atoms with Gasteiger partial charge in [0, 0.05) is 23.2 Å². The summed E-state index contributed by atoms with van der Waals surface area (Å²) >= 11 is -0.0874. The Morgan fingerprint density at radius 2 is 2.06 bits per heavy atom. The Hall–Kier alpha value is -0.880. The van der Waals surface area contributed by atoms with Crippen LogP contribution in [0.1, 0.15) is 12.8 Å². The van der Waals surface area contributed by atoms with Crippen molar-refractivity contribution in [3.63, 3.8) is 0 Å². The lowest BCUT2D eigenvalue weighted by Gasteiger charge is -2.25. The van der Waals surface area contributed by atoms with E-state index < -0.39 is 5.51 Å². The Balaban J connectivity index is 2.06. The van der Waals surface area contributed by atoms with Gasteiger partial charge < -0.3 is 10.1 Å². The molecule has 2 nitrogen and oxygen atoms in total. The first-order valence-corrected chi connectivity index (χ1v) is 6.55. The van der Waals surface area contributed by atoms with Gasteiger partial charge in [-0.3, -0.25) is 0 Å². The van der Waals surface area contributed by atoms with Crippen molar-refractivity contribution in [2.24, 2.45) is 0 Å². The lowest BCUT2D eigenvalue weighted by atomic mass is 10.1. The van der Waals surface area contributed by atoms with Crippen molar-refractivity contribution in [2.75, 3.05) is 18.5 Å². The van der Waals surface area contributed by atoms with Gasteiger partial charge in [-0.25, -0.2) is 0 Å². The molecule has 0 amide bonds. The predicted octanol–water partition coefficient (Wildman–Crippen LogP) is 3.89. The van der Waals surface area contributed by atoms with Gasteiger partial charge in [-0.2, -0.15) is 13.2 Å². The summed E-state index contributed by atoms with van der Waals surface area (Å²) in [7, 11) is 0. The molecule has 1 fully saturated rings. The zero-order valence-electron chi connectivity index (χ0n) is 9.67. The fourth-order valence-corrected chi connectivity index (χ4v) is 2.51. The summed E-state index contributed by atoms with van der Waals surface area (Å²) in [5.74, 6) is 0. The number of hydrogen-bond acceptors (Lipinski definition) is 3. The lowest BCUT2D eigenvalue weighted by Crippen LogP contribution is -2.30. The SMILES string of the molecule is FC(F)(F)Sc1ccccc1NC1CCCOC1. The van der Waals surface area contributed by atoms with Crippen molar-refractivity contribution >= 4 is 17.4 Å². The fraction of sp³-hybridized carbons (Fsp3) is 0.500. The van der Waals surface area contributed by atoms with Crippen molar-refractivity contribution in [3.05, 3.63) is 24.3 Å². The van der Waals surface area contributed by atoms with Crippen LogP contribution in [0.25, 0.3) is 0 Å². The standard InChI is InChI=1S/C12H14F3NOS/c13-12(14,15)18-11-6-2-1-5-10(11)16-9-4-3-7-17-8-9/h1-2,5-6,9,16H,3-4,7-8H2. The minimum Gasteiger partial charge on any atom is -0.379 e. The molecule has 0 aromatic heterocycles. The topological polar surface area (TPSA) is 21.3 Å². The number of rotatable bonds is 3.